The van der Waals surface area contributed by atoms with Gasteiger partial charge < -0.3 is 15.0 Å². The van der Waals surface area contributed by atoms with E-state index in [1.807, 2.05) is 30.3 Å². The first-order valence-corrected chi connectivity index (χ1v) is 14.8. The predicted octanol–water partition coefficient (Wildman–Crippen LogP) is 4.54. The van der Waals surface area contributed by atoms with Gasteiger partial charge in [0.1, 0.15) is 18.3 Å². The van der Waals surface area contributed by atoms with E-state index in [9.17, 15) is 18.0 Å². The number of ether oxygens (including phenoxy) is 1. The molecule has 3 aromatic carbocycles. The number of anilines is 1. The number of rotatable bonds is 12. The molecular weight excluding hydrogens is 561 g/mol. The largest absolute Gasteiger partial charge is 0.495 e. The van der Waals surface area contributed by atoms with Gasteiger partial charge in [-0.1, -0.05) is 71.7 Å². The average molecular weight is 593 g/mol. The number of carbonyl (C=O) groups is 2. The number of likely N-dealkylation sites (N-methyl/N-ethyl adjacent to an activating group) is 1. The van der Waals surface area contributed by atoms with E-state index in [-0.39, 0.29) is 35.3 Å². The van der Waals surface area contributed by atoms with Crippen molar-refractivity contribution < 1.29 is 22.7 Å². The molecule has 0 aliphatic heterocycles. The van der Waals surface area contributed by atoms with Crippen LogP contribution in [-0.4, -0.2) is 57.6 Å². The second-order valence-corrected chi connectivity index (χ2v) is 11.5. The summed E-state index contributed by atoms with van der Waals surface area (Å²) in [7, 11) is -2.58. The van der Waals surface area contributed by atoms with Gasteiger partial charge in [-0.3, -0.25) is 13.9 Å². The Morgan fingerprint density at radius 3 is 2.28 bits per heavy atom. The van der Waals surface area contributed by atoms with E-state index in [1.54, 1.807) is 37.3 Å². The van der Waals surface area contributed by atoms with Crippen LogP contribution in [0.15, 0.2) is 72.8 Å². The van der Waals surface area contributed by atoms with E-state index in [1.165, 1.54) is 24.1 Å². The van der Waals surface area contributed by atoms with E-state index in [4.69, 9.17) is 27.9 Å². The predicted molar refractivity (Wildman–Crippen MR) is 155 cm³/mol. The van der Waals surface area contributed by atoms with Crippen LogP contribution >= 0.6 is 23.2 Å². The molecule has 0 radical (unpaired) electrons. The zero-order chi connectivity index (χ0) is 28.6. The lowest BCUT2D eigenvalue weighted by Gasteiger charge is -2.34. The maximum absolute atomic E-state index is 14.0. The number of nitrogens with one attached hydrogen (secondary N) is 1. The first kappa shape index (κ1) is 30.3. The van der Waals surface area contributed by atoms with Crippen molar-refractivity contribution in [3.63, 3.8) is 0 Å². The van der Waals surface area contributed by atoms with Gasteiger partial charge in [0.15, 0.2) is 0 Å². The highest BCUT2D eigenvalue weighted by molar-refractivity contribution is 7.92. The molecular formula is C28H31Cl2N3O5S. The van der Waals surface area contributed by atoms with E-state index < -0.39 is 28.5 Å². The summed E-state index contributed by atoms with van der Waals surface area (Å²) < 4.78 is 32.2. The summed E-state index contributed by atoms with van der Waals surface area (Å²) in [4.78, 5) is 28.8. The summed E-state index contributed by atoms with van der Waals surface area (Å²) in [6.07, 6.45) is 1.20. The minimum Gasteiger partial charge on any atom is -0.495 e. The molecule has 0 fully saturated rings. The molecule has 3 rings (SSSR count). The molecule has 11 heteroatoms. The summed E-state index contributed by atoms with van der Waals surface area (Å²) in [5, 5.41) is 3.49. The minimum absolute atomic E-state index is 0.0164. The normalized spacial score (nSPS) is 11.9. The molecule has 0 heterocycles. The van der Waals surface area contributed by atoms with Gasteiger partial charge in [0.05, 0.1) is 19.1 Å². The molecule has 0 spiro atoms. The van der Waals surface area contributed by atoms with E-state index in [2.05, 4.69) is 5.32 Å². The second-order valence-electron chi connectivity index (χ2n) is 8.80. The van der Waals surface area contributed by atoms with Crippen LogP contribution in [0.25, 0.3) is 0 Å². The smallest absolute Gasteiger partial charge is 0.244 e. The maximum atomic E-state index is 14.0. The third-order valence-corrected chi connectivity index (χ3v) is 7.74. The van der Waals surface area contributed by atoms with Gasteiger partial charge in [-0.15, -0.1) is 0 Å². The molecule has 39 heavy (non-hydrogen) atoms. The number of methoxy groups -OCH3 is 1. The standard InChI is InChI=1S/C28H31Cl2N3O5S/c1-4-31-28(35)25(16-20-10-6-5-7-11-20)32(18-21-12-8-9-13-23(21)30)27(34)19-33(39(3,36)37)24-17-22(29)14-15-26(24)38-2/h5-15,17,25H,4,16,18-19H2,1-3H3,(H,31,35). The molecule has 0 aliphatic carbocycles. The summed E-state index contributed by atoms with van der Waals surface area (Å²) in [5.41, 5.74) is 1.56. The lowest BCUT2D eigenvalue weighted by atomic mass is 10.0. The number of hydrogen-bond donors (Lipinski definition) is 1. The number of sulfonamides is 1. The number of amides is 2. The minimum atomic E-state index is -3.97. The van der Waals surface area contributed by atoms with Crippen molar-refractivity contribution in [1.29, 1.82) is 0 Å². The Labute approximate surface area is 239 Å². The van der Waals surface area contributed by atoms with Gasteiger partial charge in [-0.05, 0) is 42.3 Å². The molecule has 1 atom stereocenters. The fourth-order valence-electron chi connectivity index (χ4n) is 4.11. The van der Waals surface area contributed by atoms with Crippen LogP contribution in [0.2, 0.25) is 10.0 Å². The van der Waals surface area contributed by atoms with Crippen LogP contribution in [-0.2, 0) is 32.6 Å². The first-order chi connectivity index (χ1) is 18.5. The molecule has 3 aromatic rings. The van der Waals surface area contributed by atoms with Crippen molar-refractivity contribution in [2.24, 2.45) is 0 Å². The molecule has 0 aromatic heterocycles. The Morgan fingerprint density at radius 1 is 1.00 bits per heavy atom. The van der Waals surface area contributed by atoms with Gasteiger partial charge in [0.2, 0.25) is 21.8 Å². The summed E-state index contributed by atoms with van der Waals surface area (Å²) in [6, 6.07) is 19.8. The molecule has 2 amide bonds. The van der Waals surface area contributed by atoms with Crippen LogP contribution in [0.4, 0.5) is 5.69 Å². The number of halogens is 2. The quantitative estimate of drug-likeness (QED) is 0.333. The summed E-state index contributed by atoms with van der Waals surface area (Å²) >= 11 is 12.6. The van der Waals surface area contributed by atoms with Crippen molar-refractivity contribution >= 4 is 50.7 Å². The zero-order valence-electron chi connectivity index (χ0n) is 21.9. The molecule has 0 bridgehead atoms. The highest BCUT2D eigenvalue weighted by Gasteiger charge is 2.34. The lowest BCUT2D eigenvalue weighted by molar-refractivity contribution is -0.140. The van der Waals surface area contributed by atoms with E-state index >= 15 is 0 Å². The van der Waals surface area contributed by atoms with Crippen LogP contribution in [0.1, 0.15) is 18.1 Å². The first-order valence-electron chi connectivity index (χ1n) is 12.2. The van der Waals surface area contributed by atoms with Crippen LogP contribution < -0.4 is 14.4 Å². The average Bonchev–Trinajstić information content (AvgIpc) is 2.90. The van der Waals surface area contributed by atoms with Gasteiger partial charge in [-0.2, -0.15) is 0 Å². The second kappa shape index (κ2) is 13.7. The molecule has 0 saturated heterocycles. The molecule has 8 nitrogen and oxygen atoms in total. The molecule has 1 N–H and O–H groups in total. The van der Waals surface area contributed by atoms with Crippen molar-refractivity contribution in [2.75, 3.05) is 30.8 Å². The Bertz CT molecular complexity index is 1400. The Balaban J connectivity index is 2.09. The van der Waals surface area contributed by atoms with Crippen LogP contribution in [0.3, 0.4) is 0 Å². The van der Waals surface area contributed by atoms with E-state index in [0.29, 0.717) is 17.1 Å². The van der Waals surface area contributed by atoms with Gasteiger partial charge in [0, 0.05) is 29.6 Å². The van der Waals surface area contributed by atoms with Crippen molar-refractivity contribution in [2.45, 2.75) is 25.9 Å². The Hall–Kier alpha value is -3.27. The summed E-state index contributed by atoms with van der Waals surface area (Å²) in [5.74, 6) is -0.748. The SMILES string of the molecule is CCNC(=O)C(Cc1ccccc1)N(Cc1ccccc1Cl)C(=O)CN(c1cc(Cl)ccc1OC)S(C)(=O)=O. The van der Waals surface area contributed by atoms with Gasteiger partial charge in [-0.25, -0.2) is 8.42 Å². The van der Waals surface area contributed by atoms with E-state index in [0.717, 1.165) is 16.1 Å². The Kier molecular flexibility index (Phi) is 10.6. The van der Waals surface area contributed by atoms with Crippen molar-refractivity contribution in [3.05, 3.63) is 94.0 Å². The third kappa shape index (κ3) is 8.11. The van der Waals surface area contributed by atoms with Crippen molar-refractivity contribution in [3.8, 4) is 5.75 Å². The monoisotopic (exact) mass is 591 g/mol. The third-order valence-electron chi connectivity index (χ3n) is 6.01. The maximum Gasteiger partial charge on any atom is 0.244 e. The molecule has 1 unspecified atom stereocenters. The fourth-order valence-corrected chi connectivity index (χ4v) is 5.32. The molecule has 0 saturated carbocycles. The number of hydrogen-bond acceptors (Lipinski definition) is 5. The highest BCUT2D eigenvalue weighted by Crippen LogP contribution is 2.33. The summed E-state index contributed by atoms with van der Waals surface area (Å²) in [6.45, 7) is 1.53. The topological polar surface area (TPSA) is 96.0 Å². The highest BCUT2D eigenvalue weighted by atomic mass is 35.5. The fraction of sp³-hybridized carbons (Fsp3) is 0.286. The van der Waals surface area contributed by atoms with Crippen LogP contribution in [0, 0.1) is 0 Å². The van der Waals surface area contributed by atoms with Crippen molar-refractivity contribution in [1.82, 2.24) is 10.2 Å². The zero-order valence-corrected chi connectivity index (χ0v) is 24.3. The molecule has 208 valence electrons. The number of carbonyl (C=O) groups excluding carboxylic acids is 2. The van der Waals surface area contributed by atoms with Crippen LogP contribution in [0.5, 0.6) is 5.75 Å². The Morgan fingerprint density at radius 2 is 1.67 bits per heavy atom. The number of benzene rings is 3. The van der Waals surface area contributed by atoms with Gasteiger partial charge in [0.25, 0.3) is 0 Å². The molecule has 0 aliphatic rings. The van der Waals surface area contributed by atoms with Gasteiger partial charge >= 0.3 is 0 Å². The number of nitrogens with zero attached hydrogens (tertiary/aromatic N) is 2. The lowest BCUT2D eigenvalue weighted by Crippen LogP contribution is -2.53.